The number of carbonyl (C=O) groups is 1. The predicted molar refractivity (Wildman–Crippen MR) is 71.3 cm³/mol. The lowest BCUT2D eigenvalue weighted by Gasteiger charge is -2.13. The summed E-state index contributed by atoms with van der Waals surface area (Å²) in [7, 11) is 1.32. The van der Waals surface area contributed by atoms with Crippen LogP contribution >= 0.6 is 0 Å². The van der Waals surface area contributed by atoms with Gasteiger partial charge in [-0.3, -0.25) is 4.98 Å². The monoisotopic (exact) mass is 279 g/mol. The van der Waals surface area contributed by atoms with Crippen LogP contribution in [0.3, 0.4) is 0 Å². The lowest BCUT2D eigenvalue weighted by Crippen LogP contribution is -2.07. The largest absolute Gasteiger partial charge is 0.465 e. The van der Waals surface area contributed by atoms with E-state index in [-0.39, 0.29) is 0 Å². The van der Waals surface area contributed by atoms with Crippen LogP contribution in [-0.2, 0) is 14.2 Å². The van der Waals surface area contributed by atoms with Gasteiger partial charge in [-0.15, -0.1) is 0 Å². The summed E-state index contributed by atoms with van der Waals surface area (Å²) in [6, 6.07) is 3.26. The van der Waals surface area contributed by atoms with E-state index in [1.807, 2.05) is 13.8 Å². The first-order valence-corrected chi connectivity index (χ1v) is 6.41. The average Bonchev–Trinajstić information content (AvgIpc) is 2.89. The second-order valence-corrected chi connectivity index (χ2v) is 3.96. The molecule has 0 saturated heterocycles. The van der Waals surface area contributed by atoms with Gasteiger partial charge in [-0.2, -0.15) is 0 Å². The van der Waals surface area contributed by atoms with E-state index in [1.54, 1.807) is 12.1 Å². The summed E-state index contributed by atoms with van der Waals surface area (Å²) in [4.78, 5) is 15.9. The van der Waals surface area contributed by atoms with Crippen molar-refractivity contribution in [3.05, 3.63) is 29.7 Å². The number of nitrogens with zero attached hydrogens (tertiary/aromatic N) is 1. The van der Waals surface area contributed by atoms with Gasteiger partial charge in [0.1, 0.15) is 11.1 Å². The van der Waals surface area contributed by atoms with Crippen molar-refractivity contribution < 1.29 is 23.4 Å². The number of carbonyl (C=O) groups excluding carboxylic acids is 1. The summed E-state index contributed by atoms with van der Waals surface area (Å²) in [5, 5.41) is 0. The fourth-order valence-corrected chi connectivity index (χ4v) is 1.86. The van der Waals surface area contributed by atoms with Crippen LogP contribution in [0.25, 0.3) is 11.1 Å². The summed E-state index contributed by atoms with van der Waals surface area (Å²) >= 11 is 0. The molecular weight excluding hydrogens is 262 g/mol. The minimum absolute atomic E-state index is 0.329. The number of hydrogen-bond donors (Lipinski definition) is 0. The number of fused-ring (bicyclic) bond motifs is 1. The molecule has 0 aromatic carbocycles. The first-order chi connectivity index (χ1) is 9.71. The number of esters is 1. The van der Waals surface area contributed by atoms with E-state index in [9.17, 15) is 4.79 Å². The molecule has 20 heavy (non-hydrogen) atoms. The van der Waals surface area contributed by atoms with E-state index in [4.69, 9.17) is 18.6 Å². The van der Waals surface area contributed by atoms with Gasteiger partial charge < -0.3 is 18.6 Å². The van der Waals surface area contributed by atoms with Crippen LogP contribution in [-0.4, -0.2) is 31.3 Å². The summed E-state index contributed by atoms with van der Waals surface area (Å²) in [6.07, 6.45) is 0.925. The minimum Gasteiger partial charge on any atom is -0.465 e. The molecule has 0 aliphatic carbocycles. The lowest BCUT2D eigenvalue weighted by molar-refractivity contribution is -0.150. The van der Waals surface area contributed by atoms with Gasteiger partial charge in [0.2, 0.25) is 6.29 Å². The molecular formula is C14H17NO5. The Morgan fingerprint density at radius 3 is 2.65 bits per heavy atom. The molecule has 6 heteroatoms. The molecule has 0 aliphatic rings. The van der Waals surface area contributed by atoms with Gasteiger partial charge in [0.15, 0.2) is 11.3 Å². The van der Waals surface area contributed by atoms with Gasteiger partial charge in [0.05, 0.1) is 7.11 Å². The van der Waals surface area contributed by atoms with Crippen LogP contribution in [0.4, 0.5) is 0 Å². The standard InChI is InChI=1S/C14H17NO5/c1-4-18-14(19-5-2)11-8-10-12(20-11)9(6-7-15-10)13(16)17-3/h6-8,14H,4-5H2,1-3H3. The SMILES string of the molecule is CCOC(OCC)c1cc2nccc(C(=O)OC)c2o1. The van der Waals surface area contributed by atoms with Crippen molar-refractivity contribution >= 4 is 17.1 Å². The lowest BCUT2D eigenvalue weighted by atomic mass is 10.2. The van der Waals surface area contributed by atoms with E-state index in [2.05, 4.69) is 4.98 Å². The first-order valence-electron chi connectivity index (χ1n) is 6.41. The highest BCUT2D eigenvalue weighted by Gasteiger charge is 2.21. The quantitative estimate of drug-likeness (QED) is 0.598. The molecule has 0 bridgehead atoms. The van der Waals surface area contributed by atoms with E-state index in [1.165, 1.54) is 13.3 Å². The molecule has 2 heterocycles. The third-order valence-corrected chi connectivity index (χ3v) is 2.70. The van der Waals surface area contributed by atoms with Crippen molar-refractivity contribution in [3.8, 4) is 0 Å². The van der Waals surface area contributed by atoms with Gasteiger partial charge in [0, 0.05) is 25.5 Å². The fourth-order valence-electron chi connectivity index (χ4n) is 1.86. The molecule has 0 aliphatic heterocycles. The molecule has 2 rings (SSSR count). The molecule has 0 fully saturated rings. The zero-order chi connectivity index (χ0) is 14.5. The summed E-state index contributed by atoms with van der Waals surface area (Å²) in [6.45, 7) is 4.71. The normalized spacial score (nSPS) is 11.2. The van der Waals surface area contributed by atoms with E-state index in [0.29, 0.717) is 35.6 Å². The highest BCUT2D eigenvalue weighted by atomic mass is 16.7. The summed E-state index contributed by atoms with van der Waals surface area (Å²) in [5.74, 6) is 0.00947. The van der Waals surface area contributed by atoms with Gasteiger partial charge in [-0.1, -0.05) is 0 Å². The van der Waals surface area contributed by atoms with Crippen molar-refractivity contribution in [2.75, 3.05) is 20.3 Å². The molecule has 2 aromatic heterocycles. The van der Waals surface area contributed by atoms with Crippen LogP contribution in [0, 0.1) is 0 Å². The Morgan fingerprint density at radius 1 is 1.35 bits per heavy atom. The van der Waals surface area contributed by atoms with E-state index >= 15 is 0 Å². The van der Waals surface area contributed by atoms with Crippen LogP contribution < -0.4 is 0 Å². The van der Waals surface area contributed by atoms with Gasteiger partial charge in [-0.05, 0) is 19.9 Å². The average molecular weight is 279 g/mol. The van der Waals surface area contributed by atoms with Gasteiger partial charge >= 0.3 is 5.97 Å². The molecule has 0 saturated carbocycles. The Bertz CT molecular complexity index is 586. The Labute approximate surface area is 116 Å². The topological polar surface area (TPSA) is 70.8 Å². The first kappa shape index (κ1) is 14.5. The number of methoxy groups -OCH3 is 1. The second-order valence-electron chi connectivity index (χ2n) is 3.96. The second kappa shape index (κ2) is 6.49. The Hall–Kier alpha value is -1.92. The maximum atomic E-state index is 11.7. The zero-order valence-corrected chi connectivity index (χ0v) is 11.7. The fraction of sp³-hybridized carbons (Fsp3) is 0.429. The number of hydrogen-bond acceptors (Lipinski definition) is 6. The minimum atomic E-state index is -0.607. The van der Waals surface area contributed by atoms with Crippen molar-refractivity contribution in [1.29, 1.82) is 0 Å². The highest BCUT2D eigenvalue weighted by molar-refractivity contribution is 6.00. The summed E-state index contributed by atoms with van der Waals surface area (Å²) < 4.78 is 21.3. The molecule has 2 aromatic rings. The maximum absolute atomic E-state index is 11.7. The van der Waals surface area contributed by atoms with Crippen molar-refractivity contribution in [3.63, 3.8) is 0 Å². The van der Waals surface area contributed by atoms with Crippen LogP contribution in [0.2, 0.25) is 0 Å². The molecule has 0 atom stereocenters. The zero-order valence-electron chi connectivity index (χ0n) is 11.7. The van der Waals surface area contributed by atoms with E-state index in [0.717, 1.165) is 0 Å². The Kier molecular flexibility index (Phi) is 4.70. The van der Waals surface area contributed by atoms with Gasteiger partial charge in [0.25, 0.3) is 0 Å². The third-order valence-electron chi connectivity index (χ3n) is 2.70. The summed E-state index contributed by atoms with van der Waals surface area (Å²) in [5.41, 5.74) is 1.27. The molecule has 6 nitrogen and oxygen atoms in total. The smallest absolute Gasteiger partial charge is 0.341 e. The van der Waals surface area contributed by atoms with Crippen molar-refractivity contribution in [2.24, 2.45) is 0 Å². The molecule has 0 spiro atoms. The van der Waals surface area contributed by atoms with E-state index < -0.39 is 12.3 Å². The Morgan fingerprint density at radius 2 is 2.05 bits per heavy atom. The van der Waals surface area contributed by atoms with Crippen molar-refractivity contribution in [2.45, 2.75) is 20.1 Å². The maximum Gasteiger partial charge on any atom is 0.341 e. The number of rotatable bonds is 6. The number of aromatic nitrogens is 1. The number of pyridine rings is 1. The van der Waals surface area contributed by atoms with Crippen LogP contribution in [0.15, 0.2) is 22.7 Å². The molecule has 0 N–H and O–H groups in total. The molecule has 108 valence electrons. The number of ether oxygens (including phenoxy) is 3. The Balaban J connectivity index is 2.44. The third kappa shape index (κ3) is 2.81. The predicted octanol–water partition coefficient (Wildman–Crippen LogP) is 2.69. The van der Waals surface area contributed by atoms with Crippen LogP contribution in [0.5, 0.6) is 0 Å². The molecule has 0 radical (unpaired) electrons. The highest BCUT2D eigenvalue weighted by Crippen LogP contribution is 2.28. The number of furan rings is 1. The van der Waals surface area contributed by atoms with Crippen molar-refractivity contribution in [1.82, 2.24) is 4.98 Å². The van der Waals surface area contributed by atoms with Gasteiger partial charge in [-0.25, -0.2) is 4.79 Å². The van der Waals surface area contributed by atoms with Crippen LogP contribution in [0.1, 0.15) is 36.3 Å². The molecule has 0 unspecified atom stereocenters. The molecule has 0 amide bonds.